The molecule has 0 radical (unpaired) electrons. The van der Waals surface area contributed by atoms with Crippen molar-refractivity contribution in [2.75, 3.05) is 5.32 Å². The molecule has 0 aliphatic rings. The number of benzene rings is 1. The van der Waals surface area contributed by atoms with Gasteiger partial charge in [0.05, 0.1) is 6.33 Å². The van der Waals surface area contributed by atoms with Gasteiger partial charge in [-0.25, -0.2) is 4.98 Å². The van der Waals surface area contributed by atoms with E-state index in [9.17, 15) is 9.59 Å². The number of anilines is 1. The Morgan fingerprint density at radius 1 is 1.28 bits per heavy atom. The summed E-state index contributed by atoms with van der Waals surface area (Å²) in [5, 5.41) is 2.55. The van der Waals surface area contributed by atoms with Gasteiger partial charge >= 0.3 is 0 Å². The van der Waals surface area contributed by atoms with Crippen LogP contribution < -0.4 is 5.32 Å². The van der Waals surface area contributed by atoms with E-state index in [2.05, 4.69) is 10.3 Å². The summed E-state index contributed by atoms with van der Waals surface area (Å²) in [5.41, 5.74) is 1.54. The van der Waals surface area contributed by atoms with Crippen LogP contribution in [0.1, 0.15) is 13.3 Å². The lowest BCUT2D eigenvalue weighted by atomic mass is 10.2. The van der Waals surface area contributed by atoms with Gasteiger partial charge in [-0.05, 0) is 24.3 Å². The number of carbonyl (C=O) groups excluding carboxylic acids is 2. The first kappa shape index (κ1) is 12.0. The van der Waals surface area contributed by atoms with Gasteiger partial charge in [0.15, 0.2) is 0 Å². The van der Waals surface area contributed by atoms with Crippen molar-refractivity contribution in [3.63, 3.8) is 0 Å². The molecule has 5 heteroatoms. The highest BCUT2D eigenvalue weighted by Gasteiger charge is 2.10. The summed E-state index contributed by atoms with van der Waals surface area (Å²) < 4.78 is 1.85. The third-order valence-electron chi connectivity index (χ3n) is 2.50. The number of aromatic nitrogens is 2. The summed E-state index contributed by atoms with van der Waals surface area (Å²) in [7, 11) is 0. The molecule has 0 aliphatic heterocycles. The van der Waals surface area contributed by atoms with E-state index in [1.165, 1.54) is 0 Å². The van der Waals surface area contributed by atoms with Crippen LogP contribution in [0.2, 0.25) is 0 Å². The Morgan fingerprint density at radius 3 is 2.56 bits per heavy atom. The normalized spacial score (nSPS) is 10.1. The van der Waals surface area contributed by atoms with Crippen LogP contribution >= 0.6 is 0 Å². The molecule has 1 aromatic heterocycles. The third-order valence-corrected chi connectivity index (χ3v) is 2.50. The fourth-order valence-electron chi connectivity index (χ4n) is 1.49. The number of carbonyl (C=O) groups is 2. The van der Waals surface area contributed by atoms with Gasteiger partial charge in [-0.3, -0.25) is 9.59 Å². The van der Waals surface area contributed by atoms with Crippen LogP contribution in [0.5, 0.6) is 0 Å². The molecular formula is C13H13N3O2. The maximum absolute atomic E-state index is 11.4. The van der Waals surface area contributed by atoms with Crippen LogP contribution in [0.15, 0.2) is 43.0 Å². The molecule has 0 saturated heterocycles. The molecule has 1 N–H and O–H groups in total. The molecule has 1 heterocycles. The van der Waals surface area contributed by atoms with Crippen LogP contribution in [0.4, 0.5) is 5.69 Å². The van der Waals surface area contributed by atoms with Crippen LogP contribution in [0.25, 0.3) is 5.69 Å². The van der Waals surface area contributed by atoms with Gasteiger partial charge in [0.1, 0.15) is 0 Å². The Balaban J connectivity index is 2.09. The number of Topliss-reactive ketones (excluding diaryl/α,β-unsaturated/α-hetero) is 1. The lowest BCUT2D eigenvalue weighted by Gasteiger charge is -2.05. The molecule has 0 saturated carbocycles. The van der Waals surface area contributed by atoms with Crippen LogP contribution in [-0.2, 0) is 9.59 Å². The number of rotatable bonds is 4. The number of hydrogen-bond donors (Lipinski definition) is 1. The summed E-state index contributed by atoms with van der Waals surface area (Å²) in [6.07, 6.45) is 5.41. The van der Waals surface area contributed by atoms with E-state index in [-0.39, 0.29) is 6.42 Å². The zero-order valence-electron chi connectivity index (χ0n) is 9.96. The van der Waals surface area contributed by atoms with Crippen molar-refractivity contribution in [3.05, 3.63) is 43.0 Å². The highest BCUT2D eigenvalue weighted by atomic mass is 16.2. The van der Waals surface area contributed by atoms with Crippen LogP contribution in [0.3, 0.4) is 0 Å². The molecule has 1 amide bonds. The topological polar surface area (TPSA) is 64.0 Å². The predicted octanol–water partition coefficient (Wildman–Crippen LogP) is 1.79. The minimum absolute atomic E-state index is 0.207. The van der Waals surface area contributed by atoms with Gasteiger partial charge < -0.3 is 9.88 Å². The van der Waals surface area contributed by atoms with Crippen molar-refractivity contribution in [1.29, 1.82) is 0 Å². The van der Waals surface area contributed by atoms with Crippen LogP contribution in [0, 0.1) is 0 Å². The van der Waals surface area contributed by atoms with Crippen molar-refractivity contribution in [2.24, 2.45) is 0 Å². The fraction of sp³-hybridized carbons (Fsp3) is 0.154. The van der Waals surface area contributed by atoms with Gasteiger partial charge in [-0.1, -0.05) is 6.92 Å². The molecule has 1 aromatic carbocycles. The van der Waals surface area contributed by atoms with E-state index in [4.69, 9.17) is 0 Å². The number of nitrogens with one attached hydrogen (secondary N) is 1. The van der Waals surface area contributed by atoms with Gasteiger partial charge in [0.2, 0.25) is 5.78 Å². The molecule has 0 spiro atoms. The highest BCUT2D eigenvalue weighted by Crippen LogP contribution is 2.13. The monoisotopic (exact) mass is 243 g/mol. The van der Waals surface area contributed by atoms with E-state index in [0.717, 1.165) is 5.69 Å². The number of hydrogen-bond acceptors (Lipinski definition) is 3. The molecule has 0 fully saturated rings. The molecule has 0 bridgehead atoms. The second kappa shape index (κ2) is 5.27. The fourth-order valence-corrected chi connectivity index (χ4v) is 1.49. The van der Waals surface area contributed by atoms with Crippen LogP contribution in [-0.4, -0.2) is 21.2 Å². The Hall–Kier alpha value is -2.43. The maximum atomic E-state index is 11.4. The number of nitrogens with zero attached hydrogens (tertiary/aromatic N) is 2. The Bertz CT molecular complexity index is 544. The predicted molar refractivity (Wildman–Crippen MR) is 67.5 cm³/mol. The van der Waals surface area contributed by atoms with Crippen molar-refractivity contribution in [1.82, 2.24) is 9.55 Å². The zero-order valence-corrected chi connectivity index (χ0v) is 9.96. The molecule has 2 rings (SSSR count). The largest absolute Gasteiger partial charge is 0.319 e. The molecule has 0 atom stereocenters. The second-order valence-electron chi connectivity index (χ2n) is 3.75. The Morgan fingerprint density at radius 2 is 2.00 bits per heavy atom. The molecule has 18 heavy (non-hydrogen) atoms. The summed E-state index contributed by atoms with van der Waals surface area (Å²) >= 11 is 0. The van der Waals surface area contributed by atoms with Gasteiger partial charge in [-0.15, -0.1) is 0 Å². The SMILES string of the molecule is CCC(=O)C(=O)Nc1ccc(-n2ccnc2)cc1. The second-order valence-corrected chi connectivity index (χ2v) is 3.75. The van der Waals surface area contributed by atoms with Crippen molar-refractivity contribution >= 4 is 17.4 Å². The zero-order chi connectivity index (χ0) is 13.0. The van der Waals surface area contributed by atoms with Crippen molar-refractivity contribution in [3.8, 4) is 5.69 Å². The summed E-state index contributed by atoms with van der Waals surface area (Å²) in [5.74, 6) is -0.999. The standard InChI is InChI=1S/C13H13N3O2/c1-2-12(17)13(18)15-10-3-5-11(6-4-10)16-8-7-14-9-16/h3-9H,2H2,1H3,(H,15,18). The summed E-state index contributed by atoms with van der Waals surface area (Å²) in [4.78, 5) is 26.5. The van der Waals surface area contributed by atoms with Gasteiger partial charge in [0, 0.05) is 30.2 Å². The molecule has 0 unspecified atom stereocenters. The number of ketones is 1. The first-order chi connectivity index (χ1) is 8.70. The molecule has 0 aliphatic carbocycles. The average molecular weight is 243 g/mol. The maximum Gasteiger partial charge on any atom is 0.291 e. The van der Waals surface area contributed by atoms with E-state index in [0.29, 0.717) is 5.69 Å². The van der Waals surface area contributed by atoms with Crippen molar-refractivity contribution in [2.45, 2.75) is 13.3 Å². The first-order valence-corrected chi connectivity index (χ1v) is 5.63. The molecular weight excluding hydrogens is 230 g/mol. The summed E-state index contributed by atoms with van der Waals surface area (Å²) in [6.45, 7) is 1.66. The van der Waals surface area contributed by atoms with Gasteiger partial charge in [-0.2, -0.15) is 0 Å². The minimum Gasteiger partial charge on any atom is -0.319 e. The number of imidazole rings is 1. The molecule has 2 aromatic rings. The van der Waals surface area contributed by atoms with Gasteiger partial charge in [0.25, 0.3) is 5.91 Å². The third kappa shape index (κ3) is 2.63. The number of amides is 1. The van der Waals surface area contributed by atoms with E-state index < -0.39 is 11.7 Å². The quantitative estimate of drug-likeness (QED) is 0.832. The highest BCUT2D eigenvalue weighted by molar-refractivity contribution is 6.40. The van der Waals surface area contributed by atoms with E-state index in [1.807, 2.05) is 22.9 Å². The van der Waals surface area contributed by atoms with Crippen molar-refractivity contribution < 1.29 is 9.59 Å². The molecule has 92 valence electrons. The lowest BCUT2D eigenvalue weighted by molar-refractivity contribution is -0.134. The summed E-state index contributed by atoms with van der Waals surface area (Å²) in [6, 6.07) is 7.17. The first-order valence-electron chi connectivity index (χ1n) is 5.63. The smallest absolute Gasteiger partial charge is 0.291 e. The Labute approximate surface area is 104 Å². The lowest BCUT2D eigenvalue weighted by Crippen LogP contribution is -2.21. The molecule has 5 nitrogen and oxygen atoms in total. The van der Waals surface area contributed by atoms with E-state index in [1.54, 1.807) is 31.6 Å². The Kier molecular flexibility index (Phi) is 3.52. The minimum atomic E-state index is -0.576. The average Bonchev–Trinajstić information content (AvgIpc) is 2.92. The van der Waals surface area contributed by atoms with E-state index >= 15 is 0 Å².